The van der Waals surface area contributed by atoms with Gasteiger partial charge < -0.3 is 0 Å². The Labute approximate surface area is 425 Å². The Morgan fingerprint density at radius 1 is 0.431 bits per heavy atom. The van der Waals surface area contributed by atoms with Crippen LogP contribution >= 0.6 is 0 Å². The molecule has 1 aliphatic rings. The average Bonchev–Trinajstić information content (AvgIpc) is 3.76. The van der Waals surface area contributed by atoms with Crippen LogP contribution in [0.25, 0.3) is 61.3 Å². The molecule has 348 valence electrons. The van der Waals surface area contributed by atoms with Crippen LogP contribution in [0.1, 0.15) is 52.9 Å². The van der Waals surface area contributed by atoms with E-state index in [9.17, 15) is 0 Å². The lowest BCUT2D eigenvalue weighted by Gasteiger charge is -2.33. The van der Waals surface area contributed by atoms with Gasteiger partial charge in [0.15, 0.2) is 0 Å². The largest absolute Gasteiger partial charge is 0.265 e. The fraction of sp³-hybridized carbons (Fsp3) is 0.0580. The van der Waals surface area contributed by atoms with Crippen molar-refractivity contribution in [2.75, 3.05) is 0 Å². The van der Waals surface area contributed by atoms with Crippen molar-refractivity contribution in [3.63, 3.8) is 0 Å². The molecule has 0 amide bonds. The van der Waals surface area contributed by atoms with Gasteiger partial charge in [-0.15, -0.1) is 0 Å². The van der Waals surface area contributed by atoms with E-state index in [0.29, 0.717) is 0 Å². The monoisotopic (exact) mass is 927 g/mol. The van der Waals surface area contributed by atoms with Gasteiger partial charge in [-0.25, -0.2) is 4.98 Å². The fourth-order valence-electron chi connectivity index (χ4n) is 9.62. The lowest BCUT2D eigenvalue weighted by molar-refractivity contribution is 0.766. The third-order valence-corrected chi connectivity index (χ3v) is 13.1. The average molecular weight is 928 g/mol. The molecular weight excluding hydrogens is 871 g/mol. The van der Waals surface area contributed by atoms with Crippen LogP contribution in [0.3, 0.4) is 0 Å². The molecule has 0 aliphatic heterocycles. The zero-order chi connectivity index (χ0) is 49.5. The number of benzene rings is 7. The molecule has 0 saturated carbocycles. The summed E-state index contributed by atoms with van der Waals surface area (Å²) in [6.45, 7) is 12.0. The fourth-order valence-corrected chi connectivity index (χ4v) is 9.62. The first-order chi connectivity index (χ1) is 35.5. The first kappa shape index (κ1) is 48.0. The Morgan fingerprint density at radius 3 is 1.54 bits per heavy atom. The molecule has 10 aromatic rings. The highest BCUT2D eigenvalue weighted by atomic mass is 14.7. The van der Waals surface area contributed by atoms with Gasteiger partial charge in [-0.2, -0.15) is 0 Å². The summed E-state index contributed by atoms with van der Waals surface area (Å²) in [5.74, 6) is 0. The lowest BCUT2D eigenvalue weighted by atomic mass is 9.68. The zero-order valence-corrected chi connectivity index (χ0v) is 40.9. The second kappa shape index (κ2) is 23.0. The normalized spacial score (nSPS) is 13.4. The van der Waals surface area contributed by atoms with Crippen LogP contribution < -0.4 is 0 Å². The summed E-state index contributed by atoms with van der Waals surface area (Å²) in [6.07, 6.45) is 18.0. The van der Waals surface area contributed by atoms with Crippen LogP contribution in [0.5, 0.6) is 0 Å². The van der Waals surface area contributed by atoms with Crippen LogP contribution in [0.15, 0.2) is 287 Å². The molecule has 3 nitrogen and oxygen atoms in total. The van der Waals surface area contributed by atoms with Gasteiger partial charge in [-0.1, -0.05) is 207 Å². The molecular formula is C69H57N3. The van der Waals surface area contributed by atoms with Gasteiger partial charge in [-0.05, 0) is 158 Å². The third kappa shape index (κ3) is 10.4. The minimum absolute atomic E-state index is 0.446. The summed E-state index contributed by atoms with van der Waals surface area (Å²) >= 11 is 0. The number of pyridine rings is 3. The van der Waals surface area contributed by atoms with Crippen molar-refractivity contribution >= 4 is 5.57 Å². The van der Waals surface area contributed by atoms with E-state index in [1.54, 1.807) is 6.08 Å². The summed E-state index contributed by atoms with van der Waals surface area (Å²) in [4.78, 5) is 13.4. The van der Waals surface area contributed by atoms with Crippen molar-refractivity contribution in [2.45, 2.75) is 25.7 Å². The molecule has 1 aliphatic carbocycles. The summed E-state index contributed by atoms with van der Waals surface area (Å²) in [5, 5.41) is 0. The minimum Gasteiger partial charge on any atom is -0.265 e. The van der Waals surface area contributed by atoms with Gasteiger partial charge in [0.1, 0.15) is 0 Å². The zero-order valence-electron chi connectivity index (χ0n) is 40.9. The molecule has 0 bridgehead atoms. The van der Waals surface area contributed by atoms with E-state index < -0.39 is 5.41 Å². The molecule has 72 heavy (non-hydrogen) atoms. The maximum Gasteiger partial charge on any atom is 0.0715 e. The lowest BCUT2D eigenvalue weighted by Crippen LogP contribution is -2.28. The van der Waals surface area contributed by atoms with Crippen molar-refractivity contribution in [3.05, 3.63) is 326 Å². The number of allylic oxidation sites excluding steroid dienone is 6. The van der Waals surface area contributed by atoms with E-state index >= 15 is 0 Å². The highest BCUT2D eigenvalue weighted by Crippen LogP contribution is 2.56. The number of hydrogen-bond donors (Lipinski definition) is 0. The molecule has 3 heterocycles. The van der Waals surface area contributed by atoms with Gasteiger partial charge in [0.2, 0.25) is 0 Å². The van der Waals surface area contributed by atoms with E-state index in [0.717, 1.165) is 51.2 Å². The van der Waals surface area contributed by atoms with Crippen molar-refractivity contribution in [1.82, 2.24) is 15.0 Å². The minimum atomic E-state index is -0.446. The van der Waals surface area contributed by atoms with E-state index in [1.807, 2.05) is 99.3 Å². The molecule has 1 atom stereocenters. The Hall–Kier alpha value is -9.05. The van der Waals surface area contributed by atoms with Crippen LogP contribution in [-0.4, -0.2) is 15.0 Å². The second-order valence-electron chi connectivity index (χ2n) is 17.6. The molecule has 3 heteroatoms. The second-order valence-corrected chi connectivity index (χ2v) is 17.6. The SMILES string of the molecule is C/C=C\C.C=C/C=C(\C=C)c1cc(-c2cccc(-c3cccc(-c4ccc5c(c4)-c4ccccc4C5(c4ccccc4)c4ccncc4)c3)c2)cc(-c2ccccc2)n1.c1ccc(Cc2ccncc2)cc1. The van der Waals surface area contributed by atoms with Crippen LogP contribution in [0.2, 0.25) is 0 Å². The number of rotatable bonds is 11. The Balaban J connectivity index is 0.000000319. The summed E-state index contributed by atoms with van der Waals surface area (Å²) in [7, 11) is 0. The smallest absolute Gasteiger partial charge is 0.0715 e. The molecule has 0 radical (unpaired) electrons. The Morgan fingerprint density at radius 2 is 0.931 bits per heavy atom. The Kier molecular flexibility index (Phi) is 15.4. The quantitative estimate of drug-likeness (QED) is 0.0958. The summed E-state index contributed by atoms with van der Waals surface area (Å²) in [5.41, 5.74) is 20.4. The molecule has 0 N–H and O–H groups in total. The predicted octanol–water partition coefficient (Wildman–Crippen LogP) is 17.5. The van der Waals surface area contributed by atoms with Crippen molar-refractivity contribution in [1.29, 1.82) is 0 Å². The van der Waals surface area contributed by atoms with E-state index in [4.69, 9.17) is 4.98 Å². The highest BCUT2D eigenvalue weighted by molar-refractivity contribution is 5.89. The number of nitrogens with zero attached hydrogens (tertiary/aromatic N) is 3. The van der Waals surface area contributed by atoms with Crippen LogP contribution in [-0.2, 0) is 11.8 Å². The van der Waals surface area contributed by atoms with E-state index in [1.165, 1.54) is 55.6 Å². The molecule has 11 rings (SSSR count). The number of fused-ring (bicyclic) bond motifs is 3. The maximum atomic E-state index is 5.04. The topological polar surface area (TPSA) is 38.7 Å². The van der Waals surface area contributed by atoms with Gasteiger partial charge in [0.05, 0.1) is 16.8 Å². The summed E-state index contributed by atoms with van der Waals surface area (Å²) in [6, 6.07) is 77.9. The standard InChI is InChI=1S/C53H38N2.C12H11N.C4H8/c1-3-15-37(4-2)51-35-44(36-52(55-51)38-16-7-5-8-17-38)42-21-14-19-40(33-42)39-18-13-20-41(32-39)43-26-27-50-48(34-43)47-24-11-12-25-49(47)53(50,45-22-9-6-10-23-45)46-28-30-54-31-29-46;1-2-4-11(5-3-1)10-12-6-8-13-9-7-12;1-3-4-2/h3-36H,1-2H2;1-9H,10H2;3-4H,1-2H3/b37-15+;;4-3-. The van der Waals surface area contributed by atoms with Crippen molar-refractivity contribution in [3.8, 4) is 55.8 Å². The molecule has 0 saturated heterocycles. The summed E-state index contributed by atoms with van der Waals surface area (Å²) < 4.78 is 0. The Bertz CT molecular complexity index is 3390. The van der Waals surface area contributed by atoms with Gasteiger partial charge >= 0.3 is 0 Å². The first-order valence-corrected chi connectivity index (χ1v) is 24.5. The molecule has 0 fully saturated rings. The number of hydrogen-bond acceptors (Lipinski definition) is 3. The third-order valence-electron chi connectivity index (χ3n) is 13.1. The highest BCUT2D eigenvalue weighted by Gasteiger charge is 2.46. The molecule has 3 aromatic heterocycles. The molecule has 7 aromatic carbocycles. The number of aromatic nitrogens is 3. The van der Waals surface area contributed by atoms with E-state index in [2.05, 4.69) is 205 Å². The van der Waals surface area contributed by atoms with Crippen LogP contribution in [0, 0.1) is 0 Å². The van der Waals surface area contributed by atoms with Crippen molar-refractivity contribution < 1.29 is 0 Å². The van der Waals surface area contributed by atoms with E-state index in [-0.39, 0.29) is 0 Å². The van der Waals surface area contributed by atoms with Crippen LogP contribution in [0.4, 0.5) is 0 Å². The molecule has 1 unspecified atom stereocenters. The van der Waals surface area contributed by atoms with Gasteiger partial charge in [0.25, 0.3) is 0 Å². The first-order valence-electron chi connectivity index (χ1n) is 24.5. The van der Waals surface area contributed by atoms with Gasteiger partial charge in [-0.3, -0.25) is 9.97 Å². The van der Waals surface area contributed by atoms with Crippen molar-refractivity contribution in [2.24, 2.45) is 0 Å². The maximum absolute atomic E-state index is 5.04. The predicted molar refractivity (Wildman–Crippen MR) is 303 cm³/mol. The van der Waals surface area contributed by atoms with Gasteiger partial charge in [0, 0.05) is 30.4 Å². The molecule has 0 spiro atoms.